The van der Waals surface area contributed by atoms with Crippen molar-refractivity contribution < 1.29 is 0 Å². The topological polar surface area (TPSA) is 6.48 Å². The van der Waals surface area contributed by atoms with E-state index >= 15 is 0 Å². The van der Waals surface area contributed by atoms with Crippen LogP contribution in [-0.4, -0.2) is 5.11 Å². The Morgan fingerprint density at radius 1 is 0.531 bits per heavy atom. The molecule has 0 radical (unpaired) electrons. The molecule has 0 N–H and O–H groups in total. The van der Waals surface area contributed by atoms with Crippen LogP contribution in [0.2, 0.25) is 0 Å². The van der Waals surface area contributed by atoms with E-state index in [2.05, 4.69) is 133 Å². The summed E-state index contributed by atoms with van der Waals surface area (Å²) >= 11 is 6.20. The zero-order valence-corrected chi connectivity index (χ0v) is 19.2. The van der Waals surface area contributed by atoms with Crippen molar-refractivity contribution >= 4 is 28.7 Å². The lowest BCUT2D eigenvalue weighted by molar-refractivity contribution is 0.618. The van der Waals surface area contributed by atoms with Crippen LogP contribution in [0.3, 0.4) is 0 Å². The first kappa shape index (κ1) is 20.5. The average Bonchev–Trinajstić information content (AvgIpc) is 3.13. The van der Waals surface area contributed by atoms with Gasteiger partial charge in [-0.05, 0) is 61.5 Å². The Hall–Kier alpha value is -3.43. The van der Waals surface area contributed by atoms with Gasteiger partial charge in [0.1, 0.15) is 0 Å². The first-order valence-electron chi connectivity index (χ1n) is 11.0. The van der Waals surface area contributed by atoms with Gasteiger partial charge in [-0.3, -0.25) is 0 Å². The van der Waals surface area contributed by atoms with E-state index in [1.165, 1.54) is 22.3 Å². The number of thiocarbonyl (C=S) groups is 1. The number of aryl methyl sites for hydroxylation is 2. The number of rotatable bonds is 4. The SMILES string of the molecule is Cc1cccc(C2C(c3cccc(C)c3)N(c3ccccc3)C(=S)N2c2ccccc2)c1. The minimum absolute atomic E-state index is 0.0480. The lowest BCUT2D eigenvalue weighted by Gasteiger charge is -2.30. The normalized spacial score (nSPS) is 18.2. The standard InChI is InChI=1S/C29H26N2S/c1-21-11-9-13-23(19-21)27-28(24-14-10-12-22(2)20-24)31(26-17-7-4-8-18-26)29(32)30(27)25-15-5-3-6-16-25/h3-20,27-28H,1-2H3. The van der Waals surface area contributed by atoms with Gasteiger partial charge in [-0.15, -0.1) is 0 Å². The molecule has 4 aromatic rings. The predicted molar refractivity (Wildman–Crippen MR) is 138 cm³/mol. The third-order valence-corrected chi connectivity index (χ3v) is 6.50. The number of nitrogens with zero attached hydrogens (tertiary/aromatic N) is 2. The Morgan fingerprint density at radius 2 is 0.938 bits per heavy atom. The first-order valence-corrected chi connectivity index (χ1v) is 11.4. The average molecular weight is 435 g/mol. The van der Waals surface area contributed by atoms with E-state index in [4.69, 9.17) is 12.2 Å². The van der Waals surface area contributed by atoms with E-state index in [0.29, 0.717) is 0 Å². The zero-order chi connectivity index (χ0) is 22.1. The van der Waals surface area contributed by atoms with Gasteiger partial charge in [0.05, 0.1) is 12.1 Å². The van der Waals surface area contributed by atoms with Gasteiger partial charge in [0, 0.05) is 11.4 Å². The molecule has 0 aliphatic carbocycles. The maximum Gasteiger partial charge on any atom is 0.181 e. The highest BCUT2D eigenvalue weighted by molar-refractivity contribution is 7.80. The van der Waals surface area contributed by atoms with Gasteiger partial charge in [-0.25, -0.2) is 0 Å². The van der Waals surface area contributed by atoms with Crippen molar-refractivity contribution in [2.45, 2.75) is 25.9 Å². The molecule has 4 aromatic carbocycles. The quantitative estimate of drug-likeness (QED) is 0.309. The maximum absolute atomic E-state index is 6.20. The minimum Gasteiger partial charge on any atom is -0.309 e. The number of anilines is 2. The van der Waals surface area contributed by atoms with Gasteiger partial charge in [-0.2, -0.15) is 0 Å². The van der Waals surface area contributed by atoms with Crippen molar-refractivity contribution in [3.63, 3.8) is 0 Å². The molecule has 5 rings (SSSR count). The fourth-order valence-electron chi connectivity index (χ4n) is 4.73. The number of hydrogen-bond acceptors (Lipinski definition) is 1. The summed E-state index contributed by atoms with van der Waals surface area (Å²) in [5, 5.41) is 0.820. The van der Waals surface area contributed by atoms with Crippen LogP contribution in [0.25, 0.3) is 0 Å². The summed E-state index contributed by atoms with van der Waals surface area (Å²) < 4.78 is 0. The Balaban J connectivity index is 1.77. The van der Waals surface area contributed by atoms with Crippen LogP contribution in [0, 0.1) is 13.8 Å². The minimum atomic E-state index is 0.0480. The fraction of sp³-hybridized carbons (Fsp3) is 0.138. The molecule has 32 heavy (non-hydrogen) atoms. The number of hydrogen-bond donors (Lipinski definition) is 0. The maximum atomic E-state index is 6.20. The molecule has 1 saturated heterocycles. The molecule has 0 spiro atoms. The highest BCUT2D eigenvalue weighted by Gasteiger charge is 2.46. The van der Waals surface area contributed by atoms with Gasteiger partial charge in [0.15, 0.2) is 5.11 Å². The van der Waals surface area contributed by atoms with Gasteiger partial charge in [0.2, 0.25) is 0 Å². The van der Waals surface area contributed by atoms with E-state index in [1.807, 2.05) is 0 Å². The Labute approximate surface area is 195 Å². The molecule has 0 saturated carbocycles. The summed E-state index contributed by atoms with van der Waals surface area (Å²) in [4.78, 5) is 4.65. The summed E-state index contributed by atoms with van der Waals surface area (Å²) in [6, 6.07) is 38.8. The molecular formula is C29H26N2S. The van der Waals surface area contributed by atoms with Crippen LogP contribution in [0.1, 0.15) is 34.3 Å². The van der Waals surface area contributed by atoms with Crippen LogP contribution in [0.4, 0.5) is 11.4 Å². The lowest BCUT2D eigenvalue weighted by atomic mass is 9.91. The summed E-state index contributed by atoms with van der Waals surface area (Å²) in [7, 11) is 0. The molecule has 3 heteroatoms. The van der Waals surface area contributed by atoms with Crippen molar-refractivity contribution in [1.82, 2.24) is 0 Å². The molecule has 0 bridgehead atoms. The highest BCUT2D eigenvalue weighted by atomic mass is 32.1. The Kier molecular flexibility index (Phi) is 5.50. The molecule has 0 aromatic heterocycles. The van der Waals surface area contributed by atoms with Crippen molar-refractivity contribution in [3.8, 4) is 0 Å². The van der Waals surface area contributed by atoms with Crippen molar-refractivity contribution in [1.29, 1.82) is 0 Å². The summed E-state index contributed by atoms with van der Waals surface area (Å²) in [5.74, 6) is 0. The van der Waals surface area contributed by atoms with E-state index in [1.54, 1.807) is 0 Å². The molecule has 1 aliphatic rings. The molecule has 2 unspecified atom stereocenters. The molecule has 0 amide bonds. The molecular weight excluding hydrogens is 408 g/mol. The molecule has 1 heterocycles. The van der Waals surface area contributed by atoms with Crippen LogP contribution in [-0.2, 0) is 0 Å². The third-order valence-electron chi connectivity index (χ3n) is 6.10. The zero-order valence-electron chi connectivity index (χ0n) is 18.3. The second kappa shape index (κ2) is 8.60. The van der Waals surface area contributed by atoms with E-state index in [-0.39, 0.29) is 12.1 Å². The van der Waals surface area contributed by atoms with E-state index in [0.717, 1.165) is 16.5 Å². The summed E-state index contributed by atoms with van der Waals surface area (Å²) in [6.45, 7) is 4.31. The lowest BCUT2D eigenvalue weighted by Crippen LogP contribution is -2.32. The fourth-order valence-corrected chi connectivity index (χ4v) is 5.16. The van der Waals surface area contributed by atoms with Crippen LogP contribution >= 0.6 is 12.2 Å². The molecule has 158 valence electrons. The smallest absolute Gasteiger partial charge is 0.181 e. The summed E-state index contributed by atoms with van der Waals surface area (Å²) in [5.41, 5.74) is 7.26. The number of benzene rings is 4. The van der Waals surface area contributed by atoms with Crippen LogP contribution in [0.15, 0.2) is 109 Å². The first-order chi connectivity index (χ1) is 15.6. The van der Waals surface area contributed by atoms with Crippen molar-refractivity contribution in [2.24, 2.45) is 0 Å². The monoisotopic (exact) mass is 434 g/mol. The van der Waals surface area contributed by atoms with Gasteiger partial charge in [0.25, 0.3) is 0 Å². The molecule has 1 fully saturated rings. The second-order valence-corrected chi connectivity index (χ2v) is 8.78. The van der Waals surface area contributed by atoms with Gasteiger partial charge < -0.3 is 9.80 Å². The Morgan fingerprint density at radius 3 is 1.31 bits per heavy atom. The highest BCUT2D eigenvalue weighted by Crippen LogP contribution is 2.49. The number of para-hydroxylation sites is 2. The molecule has 1 aliphatic heterocycles. The predicted octanol–water partition coefficient (Wildman–Crippen LogP) is 7.40. The third kappa shape index (κ3) is 3.69. The Bertz CT molecular complexity index is 1140. The second-order valence-electron chi connectivity index (χ2n) is 8.41. The van der Waals surface area contributed by atoms with Gasteiger partial charge >= 0.3 is 0 Å². The van der Waals surface area contributed by atoms with Crippen molar-refractivity contribution in [3.05, 3.63) is 131 Å². The molecule has 2 atom stereocenters. The van der Waals surface area contributed by atoms with E-state index in [9.17, 15) is 0 Å². The van der Waals surface area contributed by atoms with Gasteiger partial charge in [-0.1, -0.05) is 96.1 Å². The van der Waals surface area contributed by atoms with Crippen LogP contribution < -0.4 is 9.80 Å². The van der Waals surface area contributed by atoms with E-state index < -0.39 is 0 Å². The largest absolute Gasteiger partial charge is 0.309 e. The van der Waals surface area contributed by atoms with Crippen LogP contribution in [0.5, 0.6) is 0 Å². The molecule has 2 nitrogen and oxygen atoms in total. The van der Waals surface area contributed by atoms with Crippen molar-refractivity contribution in [2.75, 3.05) is 9.80 Å². The summed E-state index contributed by atoms with van der Waals surface area (Å²) in [6.07, 6.45) is 0.